The predicted molar refractivity (Wildman–Crippen MR) is 124 cm³/mol. The first-order chi connectivity index (χ1) is 15.5. The molecular formula is C24H26N6O2. The lowest BCUT2D eigenvalue weighted by Crippen LogP contribution is -2.36. The molecule has 1 N–H and O–H groups in total. The van der Waals surface area contributed by atoms with Gasteiger partial charge in [-0.1, -0.05) is 6.07 Å². The number of hydrogen-bond donors (Lipinski definition) is 1. The molecule has 0 bridgehead atoms. The Labute approximate surface area is 187 Å². The van der Waals surface area contributed by atoms with Gasteiger partial charge in [0.1, 0.15) is 5.82 Å². The number of carbonyl (C=O) groups is 1. The van der Waals surface area contributed by atoms with Crippen molar-refractivity contribution in [2.75, 3.05) is 50.6 Å². The van der Waals surface area contributed by atoms with Crippen LogP contribution in [-0.4, -0.2) is 61.2 Å². The number of nitriles is 1. The highest BCUT2D eigenvalue weighted by Gasteiger charge is 2.20. The molecule has 1 amide bonds. The molecule has 164 valence electrons. The van der Waals surface area contributed by atoms with Crippen molar-refractivity contribution in [3.63, 3.8) is 0 Å². The van der Waals surface area contributed by atoms with Crippen LogP contribution in [0.25, 0.3) is 11.0 Å². The first-order valence-corrected chi connectivity index (χ1v) is 10.6. The maximum Gasteiger partial charge on any atom is 0.253 e. The minimum atomic E-state index is -0.171. The molecule has 32 heavy (non-hydrogen) atoms. The maximum absolute atomic E-state index is 12.7. The van der Waals surface area contributed by atoms with Gasteiger partial charge in [-0.25, -0.2) is 4.98 Å². The molecule has 8 nitrogen and oxygen atoms in total. The number of carbonyl (C=O) groups excluding carboxylic acids is 1. The fraction of sp³-hybridized carbons (Fsp3) is 0.333. The summed E-state index contributed by atoms with van der Waals surface area (Å²) in [7, 11) is 3.46. The summed E-state index contributed by atoms with van der Waals surface area (Å²) in [5.74, 6) is 0.707. The van der Waals surface area contributed by atoms with Crippen LogP contribution in [0.1, 0.15) is 34.5 Å². The summed E-state index contributed by atoms with van der Waals surface area (Å²) in [5, 5.41) is 12.6. The predicted octanol–water partition coefficient (Wildman–Crippen LogP) is 3.21. The molecule has 0 radical (unpaired) electrons. The van der Waals surface area contributed by atoms with Gasteiger partial charge in [0.2, 0.25) is 0 Å². The van der Waals surface area contributed by atoms with Crippen molar-refractivity contribution in [3.05, 3.63) is 59.3 Å². The number of morpholine rings is 1. The summed E-state index contributed by atoms with van der Waals surface area (Å²) < 4.78 is 5.46. The second-order valence-electron chi connectivity index (χ2n) is 8.02. The highest BCUT2D eigenvalue weighted by molar-refractivity contribution is 5.98. The van der Waals surface area contributed by atoms with Gasteiger partial charge in [0, 0.05) is 44.0 Å². The van der Waals surface area contributed by atoms with E-state index in [2.05, 4.69) is 21.3 Å². The number of amides is 1. The Balaban J connectivity index is 1.78. The van der Waals surface area contributed by atoms with Crippen LogP contribution in [0.3, 0.4) is 0 Å². The van der Waals surface area contributed by atoms with Crippen molar-refractivity contribution in [1.29, 1.82) is 5.26 Å². The van der Waals surface area contributed by atoms with Crippen molar-refractivity contribution in [3.8, 4) is 6.07 Å². The Bertz CT molecular complexity index is 1180. The lowest BCUT2D eigenvalue weighted by atomic mass is 10.0. The van der Waals surface area contributed by atoms with Crippen LogP contribution in [0.5, 0.6) is 0 Å². The minimum absolute atomic E-state index is 0.0918. The van der Waals surface area contributed by atoms with Gasteiger partial charge >= 0.3 is 0 Å². The van der Waals surface area contributed by atoms with Crippen molar-refractivity contribution in [2.24, 2.45) is 0 Å². The van der Waals surface area contributed by atoms with E-state index in [0.717, 1.165) is 35.7 Å². The van der Waals surface area contributed by atoms with E-state index in [1.807, 2.05) is 25.1 Å². The first-order valence-electron chi connectivity index (χ1n) is 10.6. The molecule has 1 aliphatic rings. The van der Waals surface area contributed by atoms with Crippen LogP contribution in [0.4, 0.5) is 11.5 Å². The summed E-state index contributed by atoms with van der Waals surface area (Å²) in [6.07, 6.45) is 1.76. The van der Waals surface area contributed by atoms with Crippen LogP contribution in [0.15, 0.2) is 42.6 Å². The zero-order valence-corrected chi connectivity index (χ0v) is 18.5. The molecule has 1 fully saturated rings. The van der Waals surface area contributed by atoms with E-state index in [1.165, 1.54) is 0 Å². The third-order valence-corrected chi connectivity index (χ3v) is 5.49. The van der Waals surface area contributed by atoms with Gasteiger partial charge < -0.3 is 19.9 Å². The number of aromatic nitrogens is 2. The summed E-state index contributed by atoms with van der Waals surface area (Å²) in [4.78, 5) is 26.0. The van der Waals surface area contributed by atoms with Crippen LogP contribution in [0, 0.1) is 11.3 Å². The van der Waals surface area contributed by atoms with E-state index in [0.29, 0.717) is 29.9 Å². The Morgan fingerprint density at radius 3 is 2.75 bits per heavy atom. The maximum atomic E-state index is 12.7. The van der Waals surface area contributed by atoms with Crippen LogP contribution in [0.2, 0.25) is 0 Å². The molecule has 0 aliphatic carbocycles. The number of benzene rings is 2. The molecular weight excluding hydrogens is 404 g/mol. The highest BCUT2D eigenvalue weighted by Crippen LogP contribution is 2.29. The van der Waals surface area contributed by atoms with Crippen LogP contribution in [-0.2, 0) is 4.74 Å². The van der Waals surface area contributed by atoms with E-state index >= 15 is 0 Å². The third-order valence-electron chi connectivity index (χ3n) is 5.49. The normalized spacial score (nSPS) is 14.6. The molecule has 2 heterocycles. The van der Waals surface area contributed by atoms with Gasteiger partial charge in [-0.3, -0.25) is 9.78 Å². The zero-order valence-electron chi connectivity index (χ0n) is 18.5. The van der Waals surface area contributed by atoms with Crippen molar-refractivity contribution in [1.82, 2.24) is 14.9 Å². The molecule has 1 aromatic heterocycles. The van der Waals surface area contributed by atoms with Crippen LogP contribution < -0.4 is 10.2 Å². The van der Waals surface area contributed by atoms with Gasteiger partial charge in [-0.2, -0.15) is 5.26 Å². The van der Waals surface area contributed by atoms with E-state index in [-0.39, 0.29) is 11.9 Å². The SMILES string of the molecule is CC(Nc1cccc(C#N)c1)c1cc(C(=O)N(C)C)cc2ncc(N3CCOCC3)nc12. The smallest absolute Gasteiger partial charge is 0.253 e. The largest absolute Gasteiger partial charge is 0.378 e. The number of ether oxygens (including phenoxy) is 1. The lowest BCUT2D eigenvalue weighted by Gasteiger charge is -2.28. The zero-order chi connectivity index (χ0) is 22.7. The molecule has 1 unspecified atom stereocenters. The Kier molecular flexibility index (Phi) is 6.19. The van der Waals surface area contributed by atoms with E-state index in [1.54, 1.807) is 43.4 Å². The number of fused-ring (bicyclic) bond motifs is 1. The van der Waals surface area contributed by atoms with Crippen molar-refractivity contribution >= 4 is 28.4 Å². The van der Waals surface area contributed by atoms with Gasteiger partial charge in [-0.05, 0) is 37.3 Å². The molecule has 8 heteroatoms. The summed E-state index contributed by atoms with van der Waals surface area (Å²) >= 11 is 0. The number of hydrogen-bond acceptors (Lipinski definition) is 7. The second-order valence-corrected chi connectivity index (χ2v) is 8.02. The van der Waals surface area contributed by atoms with Crippen molar-refractivity contribution < 1.29 is 9.53 Å². The standard InChI is InChI=1S/C24H26N6O2/c1-16(27-19-6-4-5-17(11-19)14-25)20-12-18(24(31)29(2)3)13-21-23(20)28-22(15-26-21)30-7-9-32-10-8-30/h4-6,11-13,15-16,27H,7-10H2,1-3H3. The number of rotatable bonds is 5. The minimum Gasteiger partial charge on any atom is -0.378 e. The Morgan fingerprint density at radius 1 is 1.25 bits per heavy atom. The molecule has 0 saturated carbocycles. The van der Waals surface area contributed by atoms with Gasteiger partial charge in [0.15, 0.2) is 0 Å². The van der Waals surface area contributed by atoms with E-state index in [4.69, 9.17) is 9.72 Å². The first kappa shape index (κ1) is 21.5. The topological polar surface area (TPSA) is 94.4 Å². The average Bonchev–Trinajstić information content (AvgIpc) is 2.83. The molecule has 1 atom stereocenters. The van der Waals surface area contributed by atoms with E-state index < -0.39 is 0 Å². The fourth-order valence-corrected chi connectivity index (χ4v) is 3.79. The fourth-order valence-electron chi connectivity index (χ4n) is 3.79. The van der Waals surface area contributed by atoms with Gasteiger partial charge in [0.05, 0.1) is 48.1 Å². The molecule has 1 aliphatic heterocycles. The van der Waals surface area contributed by atoms with E-state index in [9.17, 15) is 10.1 Å². The van der Waals surface area contributed by atoms with Gasteiger partial charge in [0.25, 0.3) is 5.91 Å². The average molecular weight is 431 g/mol. The van der Waals surface area contributed by atoms with Gasteiger partial charge in [-0.15, -0.1) is 0 Å². The number of nitrogens with one attached hydrogen (secondary N) is 1. The summed E-state index contributed by atoms with van der Waals surface area (Å²) in [5.41, 5.74) is 4.26. The number of anilines is 2. The number of nitrogens with zero attached hydrogens (tertiary/aromatic N) is 5. The molecule has 3 aromatic rings. The molecule has 1 saturated heterocycles. The Hall–Kier alpha value is -3.70. The Morgan fingerprint density at radius 2 is 2.03 bits per heavy atom. The monoisotopic (exact) mass is 430 g/mol. The van der Waals surface area contributed by atoms with Crippen LogP contribution >= 0.6 is 0 Å². The summed E-state index contributed by atoms with van der Waals surface area (Å²) in [6, 6.07) is 13.0. The molecule has 2 aromatic carbocycles. The summed E-state index contributed by atoms with van der Waals surface area (Å²) in [6.45, 7) is 4.87. The highest BCUT2D eigenvalue weighted by atomic mass is 16.5. The lowest BCUT2D eigenvalue weighted by molar-refractivity contribution is 0.0827. The molecule has 4 rings (SSSR count). The second kappa shape index (κ2) is 9.20. The molecule has 0 spiro atoms. The third kappa shape index (κ3) is 4.48. The quantitative estimate of drug-likeness (QED) is 0.664. The van der Waals surface area contributed by atoms with Crippen molar-refractivity contribution in [2.45, 2.75) is 13.0 Å².